The van der Waals surface area contributed by atoms with Crippen LogP contribution >= 0.6 is 0 Å². The van der Waals surface area contributed by atoms with Crippen LogP contribution in [0, 0.1) is 6.92 Å². The van der Waals surface area contributed by atoms with Crippen molar-refractivity contribution < 1.29 is 0 Å². The number of benzene rings is 2. The SMILES string of the molecule is Cc1ccc2[nH]c3nc(N/N=C/c4ccc(C(C)C)cc4)nnc3c2c1. The zero-order valence-corrected chi connectivity index (χ0v) is 15.0. The minimum absolute atomic E-state index is 0.357. The van der Waals surface area contributed by atoms with E-state index in [9.17, 15) is 0 Å². The predicted octanol–water partition coefficient (Wildman–Crippen LogP) is 4.38. The average Bonchev–Trinajstić information content (AvgIpc) is 2.99. The molecular formula is C20H20N6. The third-order valence-corrected chi connectivity index (χ3v) is 4.35. The molecule has 0 aliphatic rings. The Morgan fingerprint density at radius 3 is 2.65 bits per heavy atom. The van der Waals surface area contributed by atoms with Gasteiger partial charge in [-0.3, -0.25) is 0 Å². The van der Waals surface area contributed by atoms with Crippen LogP contribution in [0.5, 0.6) is 0 Å². The van der Waals surface area contributed by atoms with Crippen LogP contribution in [-0.2, 0) is 0 Å². The molecule has 2 aromatic heterocycles. The Kier molecular flexibility index (Phi) is 4.08. The number of nitrogens with zero attached hydrogens (tertiary/aromatic N) is 4. The fourth-order valence-corrected chi connectivity index (χ4v) is 2.86. The summed E-state index contributed by atoms with van der Waals surface area (Å²) in [6.45, 7) is 6.41. The standard InChI is InChI=1S/C20H20N6/c1-12(2)15-7-5-14(6-8-15)11-21-25-20-23-19-18(24-26-20)16-10-13(3)4-9-17(16)22-19/h4-12H,1-3H3,(H2,22,23,25,26)/b21-11+. The van der Waals surface area contributed by atoms with Gasteiger partial charge in [-0.2, -0.15) is 10.1 Å². The molecule has 0 atom stereocenters. The van der Waals surface area contributed by atoms with Gasteiger partial charge in [0.1, 0.15) is 5.52 Å². The Hall–Kier alpha value is -3.28. The van der Waals surface area contributed by atoms with Gasteiger partial charge >= 0.3 is 0 Å². The maximum atomic E-state index is 4.46. The fourth-order valence-electron chi connectivity index (χ4n) is 2.86. The summed E-state index contributed by atoms with van der Waals surface area (Å²) >= 11 is 0. The van der Waals surface area contributed by atoms with Crippen molar-refractivity contribution in [3.05, 3.63) is 59.2 Å². The summed E-state index contributed by atoms with van der Waals surface area (Å²) in [5.41, 5.74) is 8.80. The molecule has 0 aliphatic heterocycles. The molecule has 0 aliphatic carbocycles. The van der Waals surface area contributed by atoms with Crippen molar-refractivity contribution >= 4 is 34.2 Å². The molecule has 0 unspecified atom stereocenters. The van der Waals surface area contributed by atoms with Crippen LogP contribution in [0.3, 0.4) is 0 Å². The highest BCUT2D eigenvalue weighted by Crippen LogP contribution is 2.23. The molecule has 0 bridgehead atoms. The van der Waals surface area contributed by atoms with Crippen LogP contribution in [0.1, 0.15) is 36.5 Å². The number of hydrogen-bond acceptors (Lipinski definition) is 5. The molecule has 26 heavy (non-hydrogen) atoms. The van der Waals surface area contributed by atoms with E-state index in [4.69, 9.17) is 0 Å². The van der Waals surface area contributed by atoms with Crippen molar-refractivity contribution in [2.45, 2.75) is 26.7 Å². The van der Waals surface area contributed by atoms with Crippen LogP contribution in [0.25, 0.3) is 22.1 Å². The summed E-state index contributed by atoms with van der Waals surface area (Å²) in [6, 6.07) is 14.5. The van der Waals surface area contributed by atoms with Gasteiger partial charge in [0.05, 0.1) is 6.21 Å². The normalized spacial score (nSPS) is 11.8. The molecule has 4 rings (SSSR count). The highest BCUT2D eigenvalue weighted by Gasteiger charge is 2.08. The molecule has 130 valence electrons. The third-order valence-electron chi connectivity index (χ3n) is 4.35. The summed E-state index contributed by atoms with van der Waals surface area (Å²) in [6.07, 6.45) is 1.74. The van der Waals surface area contributed by atoms with Crippen molar-refractivity contribution in [1.82, 2.24) is 20.2 Å². The molecule has 0 saturated heterocycles. The van der Waals surface area contributed by atoms with E-state index in [0.29, 0.717) is 17.5 Å². The first-order chi connectivity index (χ1) is 12.6. The zero-order chi connectivity index (χ0) is 18.1. The Morgan fingerprint density at radius 2 is 1.88 bits per heavy atom. The summed E-state index contributed by atoms with van der Waals surface area (Å²) in [5, 5.41) is 13.6. The zero-order valence-electron chi connectivity index (χ0n) is 15.0. The highest BCUT2D eigenvalue weighted by atomic mass is 15.4. The first kappa shape index (κ1) is 16.2. The van der Waals surface area contributed by atoms with Gasteiger partial charge in [-0.15, -0.1) is 10.2 Å². The van der Waals surface area contributed by atoms with E-state index in [-0.39, 0.29) is 0 Å². The molecule has 0 saturated carbocycles. The van der Waals surface area contributed by atoms with E-state index in [1.54, 1.807) is 6.21 Å². The lowest BCUT2D eigenvalue weighted by Crippen LogP contribution is -1.99. The Bertz CT molecular complexity index is 1090. The van der Waals surface area contributed by atoms with Crippen molar-refractivity contribution in [2.75, 3.05) is 5.43 Å². The fraction of sp³-hybridized carbons (Fsp3) is 0.200. The van der Waals surface area contributed by atoms with Gasteiger partial charge in [-0.25, -0.2) is 5.43 Å². The monoisotopic (exact) mass is 344 g/mol. The molecule has 4 aromatic rings. The van der Waals surface area contributed by atoms with E-state index < -0.39 is 0 Å². The molecule has 2 aromatic carbocycles. The van der Waals surface area contributed by atoms with E-state index in [2.05, 4.69) is 75.7 Å². The number of anilines is 1. The lowest BCUT2D eigenvalue weighted by Gasteiger charge is -2.04. The molecule has 6 heteroatoms. The summed E-state index contributed by atoms with van der Waals surface area (Å²) in [7, 11) is 0. The number of aromatic nitrogens is 4. The number of hydrazone groups is 1. The van der Waals surface area contributed by atoms with E-state index >= 15 is 0 Å². The Labute approximate surface area is 151 Å². The number of H-pyrrole nitrogens is 1. The van der Waals surface area contributed by atoms with E-state index in [1.807, 2.05) is 18.2 Å². The number of aromatic amines is 1. The van der Waals surface area contributed by atoms with Crippen LogP contribution in [-0.4, -0.2) is 26.4 Å². The molecule has 0 spiro atoms. The molecule has 2 heterocycles. The van der Waals surface area contributed by atoms with Gasteiger partial charge in [-0.1, -0.05) is 49.7 Å². The number of nitrogens with one attached hydrogen (secondary N) is 2. The number of hydrogen-bond donors (Lipinski definition) is 2. The van der Waals surface area contributed by atoms with E-state index in [1.165, 1.54) is 11.1 Å². The summed E-state index contributed by atoms with van der Waals surface area (Å²) in [4.78, 5) is 7.72. The quantitative estimate of drug-likeness (QED) is 0.425. The molecule has 2 N–H and O–H groups in total. The highest BCUT2D eigenvalue weighted by molar-refractivity contribution is 6.03. The van der Waals surface area contributed by atoms with Crippen molar-refractivity contribution in [2.24, 2.45) is 5.10 Å². The second-order valence-electron chi connectivity index (χ2n) is 6.70. The molecular weight excluding hydrogens is 324 g/mol. The van der Waals surface area contributed by atoms with Gasteiger partial charge in [0, 0.05) is 10.9 Å². The second-order valence-corrected chi connectivity index (χ2v) is 6.70. The van der Waals surface area contributed by atoms with Gasteiger partial charge in [0.2, 0.25) is 0 Å². The smallest absolute Gasteiger partial charge is 0.265 e. The number of fused-ring (bicyclic) bond motifs is 3. The van der Waals surface area contributed by atoms with Crippen LogP contribution in [0.4, 0.5) is 5.95 Å². The number of aryl methyl sites for hydroxylation is 1. The van der Waals surface area contributed by atoms with Gasteiger partial charge < -0.3 is 4.98 Å². The molecule has 0 fully saturated rings. The summed E-state index contributed by atoms with van der Waals surface area (Å²) < 4.78 is 0. The topological polar surface area (TPSA) is 78.9 Å². The van der Waals surface area contributed by atoms with E-state index in [0.717, 1.165) is 22.0 Å². The van der Waals surface area contributed by atoms with Crippen LogP contribution in [0.15, 0.2) is 47.6 Å². The van der Waals surface area contributed by atoms with Gasteiger partial charge in [0.25, 0.3) is 5.95 Å². The molecule has 6 nitrogen and oxygen atoms in total. The average molecular weight is 344 g/mol. The van der Waals surface area contributed by atoms with Crippen LogP contribution < -0.4 is 5.43 Å². The third kappa shape index (κ3) is 3.13. The summed E-state index contributed by atoms with van der Waals surface area (Å²) in [5.74, 6) is 0.876. The predicted molar refractivity (Wildman–Crippen MR) is 106 cm³/mol. The first-order valence-electron chi connectivity index (χ1n) is 8.62. The molecule has 0 radical (unpaired) electrons. The molecule has 0 amide bonds. The van der Waals surface area contributed by atoms with Crippen LogP contribution in [0.2, 0.25) is 0 Å². The van der Waals surface area contributed by atoms with Crippen molar-refractivity contribution in [1.29, 1.82) is 0 Å². The Balaban J connectivity index is 1.54. The van der Waals surface area contributed by atoms with Gasteiger partial charge in [0.15, 0.2) is 5.65 Å². The number of rotatable bonds is 4. The van der Waals surface area contributed by atoms with Crippen molar-refractivity contribution in [3.63, 3.8) is 0 Å². The van der Waals surface area contributed by atoms with Gasteiger partial charge in [-0.05, 0) is 36.1 Å². The largest absolute Gasteiger partial charge is 0.338 e. The maximum Gasteiger partial charge on any atom is 0.265 e. The Morgan fingerprint density at radius 1 is 1.08 bits per heavy atom. The van der Waals surface area contributed by atoms with Crippen molar-refractivity contribution in [3.8, 4) is 0 Å². The first-order valence-corrected chi connectivity index (χ1v) is 8.62. The minimum atomic E-state index is 0.357. The second kappa shape index (κ2) is 6.55. The maximum absolute atomic E-state index is 4.46. The lowest BCUT2D eigenvalue weighted by atomic mass is 10.0. The minimum Gasteiger partial charge on any atom is -0.338 e. The lowest BCUT2D eigenvalue weighted by molar-refractivity contribution is 0.866.